The molecule has 0 aliphatic rings. The molecule has 2 nitrogen and oxygen atoms in total. The van der Waals surface area contributed by atoms with E-state index in [0.717, 1.165) is 6.42 Å². The summed E-state index contributed by atoms with van der Waals surface area (Å²) in [6, 6.07) is 0.110. The number of hydrogen-bond donors (Lipinski definition) is 1. The van der Waals surface area contributed by atoms with Crippen molar-refractivity contribution >= 4 is 5.78 Å². The number of rotatable bonds is 3. The smallest absolute Gasteiger partial charge is 0.135 e. The van der Waals surface area contributed by atoms with E-state index < -0.39 is 0 Å². The lowest BCUT2D eigenvalue weighted by molar-refractivity contribution is -0.125. The Bertz CT molecular complexity index is 127. The average Bonchev–Trinajstić information content (AvgIpc) is 1.60. The van der Waals surface area contributed by atoms with Crippen molar-refractivity contribution in [2.45, 2.75) is 40.2 Å². The zero-order valence-corrected chi connectivity index (χ0v) is 7.27. The molecule has 0 rings (SSSR count). The Morgan fingerprint density at radius 3 is 2.10 bits per heavy atom. The second-order valence-electron chi connectivity index (χ2n) is 3.62. The summed E-state index contributed by atoms with van der Waals surface area (Å²) < 4.78 is 0. The highest BCUT2D eigenvalue weighted by Crippen LogP contribution is 2.22. The Labute approximate surface area is 62.8 Å². The zero-order chi connectivity index (χ0) is 8.36. The van der Waals surface area contributed by atoms with Crippen molar-refractivity contribution in [3.8, 4) is 0 Å². The topological polar surface area (TPSA) is 43.1 Å². The summed E-state index contributed by atoms with van der Waals surface area (Å²) in [5.41, 5.74) is 5.32. The molecule has 60 valence electrons. The molecule has 0 heterocycles. The third-order valence-electron chi connectivity index (χ3n) is 1.79. The van der Waals surface area contributed by atoms with E-state index in [1.807, 2.05) is 20.8 Å². The summed E-state index contributed by atoms with van der Waals surface area (Å²) in [7, 11) is 0. The maximum atomic E-state index is 10.9. The summed E-state index contributed by atoms with van der Waals surface area (Å²) in [5.74, 6) is 0.213. The number of carbonyl (C=O) groups excluding carboxylic acids is 1. The van der Waals surface area contributed by atoms with Crippen LogP contribution in [0.4, 0.5) is 0 Å². The van der Waals surface area contributed by atoms with Gasteiger partial charge in [0, 0.05) is 11.5 Å². The van der Waals surface area contributed by atoms with Crippen LogP contribution < -0.4 is 5.73 Å². The normalized spacial score (nSPS) is 14.9. The Balaban J connectivity index is 4.00. The van der Waals surface area contributed by atoms with E-state index in [-0.39, 0.29) is 17.2 Å². The van der Waals surface area contributed by atoms with Crippen molar-refractivity contribution in [2.24, 2.45) is 11.1 Å². The van der Waals surface area contributed by atoms with Gasteiger partial charge in [-0.1, -0.05) is 13.8 Å². The molecule has 0 saturated heterocycles. The number of ketones is 1. The molecule has 0 aromatic rings. The summed E-state index contributed by atoms with van der Waals surface area (Å²) in [6.07, 6.45) is 0.766. The molecule has 0 aliphatic heterocycles. The number of nitrogens with two attached hydrogens (primary N) is 1. The van der Waals surface area contributed by atoms with Gasteiger partial charge in [0.15, 0.2) is 0 Å². The standard InChI is InChI=1S/C8H17NO/c1-6(9)5-8(3,4)7(2)10/h6H,5,9H2,1-4H3/t6-/m1/s1. The van der Waals surface area contributed by atoms with Gasteiger partial charge in [-0.05, 0) is 20.3 Å². The Morgan fingerprint density at radius 2 is 2.00 bits per heavy atom. The third-order valence-corrected chi connectivity index (χ3v) is 1.79. The molecule has 0 fully saturated rings. The molecule has 0 aromatic carbocycles. The Hall–Kier alpha value is -0.370. The fraction of sp³-hybridized carbons (Fsp3) is 0.875. The second-order valence-corrected chi connectivity index (χ2v) is 3.62. The van der Waals surface area contributed by atoms with Crippen molar-refractivity contribution < 1.29 is 4.79 Å². The van der Waals surface area contributed by atoms with Crippen LogP contribution in [0.5, 0.6) is 0 Å². The van der Waals surface area contributed by atoms with Crippen molar-refractivity contribution in [3.63, 3.8) is 0 Å². The molecule has 0 bridgehead atoms. The zero-order valence-electron chi connectivity index (χ0n) is 7.27. The van der Waals surface area contributed by atoms with Gasteiger partial charge >= 0.3 is 0 Å². The molecule has 0 aliphatic carbocycles. The van der Waals surface area contributed by atoms with Gasteiger partial charge in [-0.15, -0.1) is 0 Å². The van der Waals surface area contributed by atoms with Crippen LogP contribution in [0.2, 0.25) is 0 Å². The van der Waals surface area contributed by atoms with Crippen LogP contribution >= 0.6 is 0 Å². The molecule has 0 spiro atoms. The predicted molar refractivity (Wildman–Crippen MR) is 42.7 cm³/mol. The van der Waals surface area contributed by atoms with E-state index >= 15 is 0 Å². The summed E-state index contributed by atoms with van der Waals surface area (Å²) >= 11 is 0. The molecule has 0 amide bonds. The molecule has 10 heavy (non-hydrogen) atoms. The van der Waals surface area contributed by atoms with Gasteiger partial charge in [0.2, 0.25) is 0 Å². The third kappa shape index (κ3) is 2.97. The van der Waals surface area contributed by atoms with Crippen LogP contribution in [0.3, 0.4) is 0 Å². The summed E-state index contributed by atoms with van der Waals surface area (Å²) in [6.45, 7) is 7.39. The maximum Gasteiger partial charge on any atom is 0.135 e. The van der Waals surface area contributed by atoms with Gasteiger partial charge in [-0.25, -0.2) is 0 Å². The van der Waals surface area contributed by atoms with Gasteiger partial charge in [0.25, 0.3) is 0 Å². The lowest BCUT2D eigenvalue weighted by Gasteiger charge is -2.22. The molecule has 2 heteroatoms. The molecule has 0 radical (unpaired) electrons. The van der Waals surface area contributed by atoms with Gasteiger partial charge < -0.3 is 5.73 Å². The minimum Gasteiger partial charge on any atom is -0.328 e. The highest BCUT2D eigenvalue weighted by atomic mass is 16.1. The highest BCUT2D eigenvalue weighted by Gasteiger charge is 2.24. The van der Waals surface area contributed by atoms with E-state index in [4.69, 9.17) is 5.73 Å². The summed E-state index contributed by atoms with van der Waals surface area (Å²) in [4.78, 5) is 10.9. The number of carbonyl (C=O) groups is 1. The van der Waals surface area contributed by atoms with Crippen LogP contribution in [0.1, 0.15) is 34.1 Å². The SMILES string of the molecule is CC(=O)C(C)(C)C[C@@H](C)N. The molecular weight excluding hydrogens is 126 g/mol. The van der Waals surface area contributed by atoms with Crippen molar-refractivity contribution in [1.82, 2.24) is 0 Å². The van der Waals surface area contributed by atoms with Crippen LogP contribution in [0.25, 0.3) is 0 Å². The fourth-order valence-corrected chi connectivity index (χ4v) is 0.949. The highest BCUT2D eigenvalue weighted by molar-refractivity contribution is 5.81. The van der Waals surface area contributed by atoms with Gasteiger partial charge in [-0.3, -0.25) is 4.79 Å². The predicted octanol–water partition coefficient (Wildman–Crippen LogP) is 1.34. The van der Waals surface area contributed by atoms with Crippen molar-refractivity contribution in [1.29, 1.82) is 0 Å². The molecule has 2 N–H and O–H groups in total. The lowest BCUT2D eigenvalue weighted by Crippen LogP contribution is -2.30. The molecule has 0 saturated carbocycles. The molecular formula is C8H17NO. The van der Waals surface area contributed by atoms with E-state index in [1.54, 1.807) is 6.92 Å². The minimum atomic E-state index is -0.242. The van der Waals surface area contributed by atoms with E-state index in [1.165, 1.54) is 0 Å². The fourth-order valence-electron chi connectivity index (χ4n) is 0.949. The van der Waals surface area contributed by atoms with Crippen molar-refractivity contribution in [2.75, 3.05) is 0 Å². The van der Waals surface area contributed by atoms with E-state index in [2.05, 4.69) is 0 Å². The largest absolute Gasteiger partial charge is 0.328 e. The first-order valence-corrected chi connectivity index (χ1v) is 3.63. The molecule has 0 aromatic heterocycles. The first-order valence-electron chi connectivity index (χ1n) is 3.63. The van der Waals surface area contributed by atoms with Crippen LogP contribution in [-0.2, 0) is 4.79 Å². The monoisotopic (exact) mass is 143 g/mol. The average molecular weight is 143 g/mol. The van der Waals surface area contributed by atoms with Crippen molar-refractivity contribution in [3.05, 3.63) is 0 Å². The number of hydrogen-bond acceptors (Lipinski definition) is 2. The lowest BCUT2D eigenvalue weighted by atomic mass is 9.83. The van der Waals surface area contributed by atoms with Crippen LogP contribution in [0.15, 0.2) is 0 Å². The van der Waals surface area contributed by atoms with Gasteiger partial charge in [0.1, 0.15) is 5.78 Å². The van der Waals surface area contributed by atoms with E-state index in [9.17, 15) is 4.79 Å². The van der Waals surface area contributed by atoms with E-state index in [0.29, 0.717) is 0 Å². The Kier molecular flexibility index (Phi) is 3.03. The van der Waals surface area contributed by atoms with Gasteiger partial charge in [-0.2, -0.15) is 0 Å². The van der Waals surface area contributed by atoms with Gasteiger partial charge in [0.05, 0.1) is 0 Å². The quantitative estimate of drug-likeness (QED) is 0.647. The first-order chi connectivity index (χ1) is 4.36. The van der Waals surface area contributed by atoms with Crippen LogP contribution in [0, 0.1) is 5.41 Å². The Morgan fingerprint density at radius 1 is 1.60 bits per heavy atom. The molecule has 1 atom stereocenters. The van der Waals surface area contributed by atoms with Crippen LogP contribution in [-0.4, -0.2) is 11.8 Å². The molecule has 0 unspecified atom stereocenters. The summed E-state index contributed by atoms with van der Waals surface area (Å²) in [5, 5.41) is 0. The first kappa shape index (κ1) is 9.63. The minimum absolute atomic E-state index is 0.110. The number of Topliss-reactive ketones (excluding diaryl/α,β-unsaturated/α-hetero) is 1. The second kappa shape index (κ2) is 3.15. The maximum absolute atomic E-state index is 10.9.